The van der Waals surface area contributed by atoms with E-state index < -0.39 is 84.0 Å². The Bertz CT molecular complexity index is 3030. The van der Waals surface area contributed by atoms with E-state index in [1.54, 1.807) is 62.4 Å². The third kappa shape index (κ3) is 25.0. The van der Waals surface area contributed by atoms with Gasteiger partial charge >= 0.3 is 18.0 Å². The van der Waals surface area contributed by atoms with Crippen molar-refractivity contribution in [3.8, 4) is 0 Å². The summed E-state index contributed by atoms with van der Waals surface area (Å²) in [6.07, 6.45) is 9.93. The van der Waals surface area contributed by atoms with E-state index in [2.05, 4.69) is 41.8 Å². The molecule has 0 radical (unpaired) electrons. The minimum Gasteiger partial charge on any atom is -0.481 e. The van der Waals surface area contributed by atoms with Gasteiger partial charge in [-0.15, -0.1) is 11.3 Å². The number of likely N-dealkylation sites (tertiary alicyclic amines) is 1. The van der Waals surface area contributed by atoms with Crippen LogP contribution in [0.5, 0.6) is 0 Å². The Morgan fingerprint density at radius 2 is 1.41 bits per heavy atom. The zero-order chi connectivity index (χ0) is 69.0. The van der Waals surface area contributed by atoms with Crippen molar-refractivity contribution < 1.29 is 67.3 Å². The minimum absolute atomic E-state index is 0.00555. The number of aliphatic carboxylic acids is 1. The summed E-state index contributed by atoms with van der Waals surface area (Å²) in [6.45, 7) is 18.0. The smallest absolute Gasteiger partial charge is 0.407 e. The van der Waals surface area contributed by atoms with Crippen LogP contribution in [0.15, 0.2) is 72.1 Å². The number of imide groups is 1. The highest BCUT2D eigenvalue weighted by Crippen LogP contribution is 2.32. The van der Waals surface area contributed by atoms with Crippen molar-refractivity contribution in [2.24, 2.45) is 23.7 Å². The predicted octanol–water partition coefficient (Wildman–Crippen LogP) is 8.01. The maximum absolute atomic E-state index is 14.7. The van der Waals surface area contributed by atoms with Crippen LogP contribution in [-0.4, -0.2) is 160 Å². The number of carbonyl (C=O) groups is 11. The van der Waals surface area contributed by atoms with Crippen LogP contribution < -0.4 is 31.9 Å². The Morgan fingerprint density at radius 3 is 2.06 bits per heavy atom. The molecule has 0 spiro atoms. The number of piperidine rings is 1. The summed E-state index contributed by atoms with van der Waals surface area (Å²) < 4.78 is 11.3. The van der Waals surface area contributed by atoms with Gasteiger partial charge in [-0.3, -0.25) is 57.7 Å². The number of carbonyl (C=O) groups excluding carboxylic acids is 10. The normalized spacial score (nSPS) is 16.6. The number of hydrogen-bond acceptors (Lipinski definition) is 16. The zero-order valence-electron chi connectivity index (χ0n) is 56.4. The van der Waals surface area contributed by atoms with Crippen LogP contribution in [-0.2, 0) is 65.7 Å². The summed E-state index contributed by atoms with van der Waals surface area (Å²) in [5, 5.41) is 28.8. The molecule has 2 aromatic carbocycles. The van der Waals surface area contributed by atoms with Gasteiger partial charge in [0.15, 0.2) is 6.10 Å². The highest BCUT2D eigenvalue weighted by molar-refractivity contribution is 7.09. The molecule has 5 rings (SSSR count). The van der Waals surface area contributed by atoms with E-state index in [0.717, 1.165) is 60.4 Å². The lowest BCUT2D eigenvalue weighted by atomic mass is 9.92. The van der Waals surface area contributed by atoms with Crippen molar-refractivity contribution >= 4 is 82.3 Å². The molecule has 9 atom stereocenters. The minimum atomic E-state index is -0.970. The molecule has 1 saturated heterocycles. The number of unbranched alkanes of at least 4 members (excludes halogenated alkanes) is 5. The number of carboxylic acid groups (broad SMARTS) is 1. The predicted molar refractivity (Wildman–Crippen MR) is 356 cm³/mol. The Balaban J connectivity index is 1.02. The molecule has 0 aliphatic carbocycles. The fourth-order valence-electron chi connectivity index (χ4n) is 11.4. The molecule has 9 amide bonds. The second-order valence-corrected chi connectivity index (χ2v) is 26.4. The van der Waals surface area contributed by atoms with E-state index in [0.29, 0.717) is 74.3 Å². The van der Waals surface area contributed by atoms with Gasteiger partial charge in [-0.1, -0.05) is 123 Å². The molecule has 3 heterocycles. The number of aromatic nitrogens is 1. The van der Waals surface area contributed by atoms with E-state index in [-0.39, 0.29) is 85.4 Å². The number of amides is 9. The molecule has 0 bridgehead atoms. The second kappa shape index (κ2) is 39.0. The van der Waals surface area contributed by atoms with Crippen LogP contribution in [0.25, 0.3) is 0 Å². The standard InChI is InChI=1S/C69H100N10O14S/c1-11-45(6)61(67(88)77(10)55(43(2)3)40-56(93-48(9)80)66-74-53(42-94-66)63(85)73-52(38-46(7)68(89)90)39-49-24-16-14-17-25-49)76-64(86)54-26-19-23-36-78(54)35-21-13-12-20-34-70-69(91)92-41-50-28-30-51(31-29-50)72-62(84)47(8)71-65(87)60(44(4)5)75-57(81)27-18-15-22-37-79-58(82)32-33-59(79)83/h14,16-17,24-25,28-33,42-47,52,54-56,60-61H,11-13,15,18-23,26-27,34-41H2,1-10H3,(H,70,91)(H,71,87)(H,72,84)(H,73,85)(H,75,81)(H,76,86)(H,89,90)/t45-,46-,47-,52+,54+,55+,56+,60-,61-/m0/s1. The first-order valence-electron chi connectivity index (χ1n) is 33.2. The third-order valence-corrected chi connectivity index (χ3v) is 18.2. The Labute approximate surface area is 557 Å². The second-order valence-electron chi connectivity index (χ2n) is 25.5. The molecule has 94 heavy (non-hydrogen) atoms. The molecule has 1 aromatic heterocycles. The third-order valence-electron chi connectivity index (χ3n) is 17.3. The summed E-state index contributed by atoms with van der Waals surface area (Å²) in [7, 11) is 1.70. The van der Waals surface area contributed by atoms with Crippen LogP contribution >= 0.6 is 11.3 Å². The maximum atomic E-state index is 14.7. The summed E-state index contributed by atoms with van der Waals surface area (Å²) >= 11 is 1.15. The van der Waals surface area contributed by atoms with Crippen molar-refractivity contribution in [1.29, 1.82) is 0 Å². The van der Waals surface area contributed by atoms with E-state index in [4.69, 9.17) is 9.47 Å². The van der Waals surface area contributed by atoms with Crippen molar-refractivity contribution in [2.75, 3.05) is 38.5 Å². The zero-order valence-corrected chi connectivity index (χ0v) is 57.2. The molecular weight excluding hydrogens is 1220 g/mol. The van der Waals surface area contributed by atoms with E-state index in [9.17, 15) is 57.8 Å². The molecule has 1 fully saturated rings. The Hall–Kier alpha value is -8.06. The van der Waals surface area contributed by atoms with Crippen LogP contribution in [0.2, 0.25) is 0 Å². The van der Waals surface area contributed by atoms with Gasteiger partial charge in [0.05, 0.1) is 12.0 Å². The largest absolute Gasteiger partial charge is 0.481 e. The fourth-order valence-corrected chi connectivity index (χ4v) is 12.3. The number of alkyl carbamates (subject to hydrolysis) is 1. The summed E-state index contributed by atoms with van der Waals surface area (Å²) in [4.78, 5) is 152. The first kappa shape index (κ1) is 76.7. The molecule has 3 aromatic rings. The summed E-state index contributed by atoms with van der Waals surface area (Å²) in [5.41, 5.74) is 2.18. The molecule has 2 aliphatic heterocycles. The van der Waals surface area contributed by atoms with E-state index in [1.807, 2.05) is 58.0 Å². The molecule has 2 aliphatic rings. The summed E-state index contributed by atoms with van der Waals surface area (Å²) in [6, 6.07) is 12.2. The van der Waals surface area contributed by atoms with Gasteiger partial charge < -0.3 is 51.4 Å². The summed E-state index contributed by atoms with van der Waals surface area (Å²) in [5.74, 6) is -5.81. The van der Waals surface area contributed by atoms with Crippen molar-refractivity contribution in [3.05, 3.63) is 94.0 Å². The number of rotatable bonds is 39. The van der Waals surface area contributed by atoms with Gasteiger partial charge in [-0.2, -0.15) is 0 Å². The van der Waals surface area contributed by atoms with Crippen LogP contribution in [0, 0.1) is 23.7 Å². The maximum Gasteiger partial charge on any atom is 0.407 e. The average molecular weight is 1330 g/mol. The van der Waals surface area contributed by atoms with Gasteiger partial charge in [0.25, 0.3) is 17.7 Å². The van der Waals surface area contributed by atoms with Gasteiger partial charge in [0.2, 0.25) is 29.5 Å². The number of benzene rings is 2. The number of hydrogen-bond donors (Lipinski definition) is 7. The van der Waals surface area contributed by atoms with Crippen LogP contribution in [0.1, 0.15) is 185 Å². The monoisotopic (exact) mass is 1320 g/mol. The number of carboxylic acids is 1. The number of ether oxygens (including phenoxy) is 2. The Kier molecular flexibility index (Phi) is 31.8. The van der Waals surface area contributed by atoms with Crippen LogP contribution in [0.4, 0.5) is 10.5 Å². The van der Waals surface area contributed by atoms with Gasteiger partial charge in [0, 0.05) is 75.2 Å². The molecular formula is C69H100N10O14S. The number of esters is 1. The highest BCUT2D eigenvalue weighted by Gasteiger charge is 2.38. The number of nitrogens with zero attached hydrogens (tertiary/aromatic N) is 4. The lowest BCUT2D eigenvalue weighted by molar-refractivity contribution is -0.149. The lowest BCUT2D eigenvalue weighted by Gasteiger charge is -2.39. The van der Waals surface area contributed by atoms with Crippen LogP contribution in [0.3, 0.4) is 0 Å². The van der Waals surface area contributed by atoms with Crippen molar-refractivity contribution in [2.45, 2.75) is 208 Å². The molecule has 0 unspecified atom stereocenters. The Morgan fingerprint density at radius 1 is 0.745 bits per heavy atom. The number of nitrogens with one attached hydrogen (secondary N) is 6. The van der Waals surface area contributed by atoms with Gasteiger partial charge in [-0.25, -0.2) is 9.78 Å². The first-order chi connectivity index (χ1) is 44.8. The lowest BCUT2D eigenvalue weighted by Crippen LogP contribution is -2.58. The van der Waals surface area contributed by atoms with Gasteiger partial charge in [-0.05, 0) is 112 Å². The van der Waals surface area contributed by atoms with Crippen molar-refractivity contribution in [1.82, 2.24) is 46.3 Å². The fraction of sp³-hybridized carbons (Fsp3) is 0.594. The SMILES string of the molecule is CC[C@H](C)[C@H](NC(=O)[C@H]1CCCCN1CCCCCCNC(=O)OCc1ccc(NC(=O)[C@H](C)NC(=O)[C@@H](NC(=O)CCCCCN2C(=O)C=CC2=O)C(C)C)cc1)C(=O)N(C)[C@H](C[C@@H](OC(C)=O)c1nc(C(=O)N[C@@H](Cc2ccccc2)C[C@H](C)C(=O)O)cs1)C(C)C. The van der Waals surface area contributed by atoms with E-state index in [1.165, 1.54) is 26.0 Å². The van der Waals surface area contributed by atoms with Gasteiger partial charge in [0.1, 0.15) is 35.4 Å². The molecule has 7 N–H and O–H groups in total. The van der Waals surface area contributed by atoms with Crippen molar-refractivity contribution in [3.63, 3.8) is 0 Å². The number of anilines is 1. The molecule has 25 heteroatoms. The number of likely N-dealkylation sites (N-methyl/N-ethyl adjacent to an activating group) is 1. The topological polar surface area (TPSA) is 321 Å². The molecule has 516 valence electrons. The highest BCUT2D eigenvalue weighted by atomic mass is 32.1. The quantitative estimate of drug-likeness (QED) is 0.0161. The first-order valence-corrected chi connectivity index (χ1v) is 34.1. The average Bonchev–Trinajstić information content (AvgIpc) is 1.37. The number of thiazole rings is 1. The van der Waals surface area contributed by atoms with E-state index >= 15 is 0 Å². The molecule has 24 nitrogen and oxygen atoms in total. The molecule has 0 saturated carbocycles.